The van der Waals surface area contributed by atoms with Gasteiger partial charge in [-0.05, 0) is 36.1 Å². The van der Waals surface area contributed by atoms with Gasteiger partial charge in [-0.3, -0.25) is 4.79 Å². The fraction of sp³-hybridized carbons (Fsp3) is 0.611. The molecule has 0 unspecified atom stereocenters. The Morgan fingerprint density at radius 2 is 2.17 bits per heavy atom. The first-order valence-electron chi connectivity index (χ1n) is 8.94. The van der Waals surface area contributed by atoms with Gasteiger partial charge in [0.2, 0.25) is 17.6 Å². The lowest BCUT2D eigenvalue weighted by molar-refractivity contribution is -0.134. The van der Waals surface area contributed by atoms with Crippen molar-refractivity contribution in [3.8, 4) is 10.7 Å². The average molecular weight is 345 g/mol. The highest BCUT2D eigenvalue weighted by Crippen LogP contribution is 2.36. The fourth-order valence-electron chi connectivity index (χ4n) is 4.06. The van der Waals surface area contributed by atoms with E-state index in [4.69, 9.17) is 4.52 Å². The van der Waals surface area contributed by atoms with Crippen LogP contribution in [0.4, 0.5) is 0 Å². The molecule has 2 aliphatic rings. The molecular weight excluding hydrogens is 322 g/mol. The number of carbonyl (C=O) groups excluding carboxylic acids is 1. The summed E-state index contributed by atoms with van der Waals surface area (Å²) in [5.74, 6) is 2.99. The molecule has 0 bridgehead atoms. The van der Waals surface area contributed by atoms with E-state index in [1.54, 1.807) is 11.3 Å². The van der Waals surface area contributed by atoms with Gasteiger partial charge >= 0.3 is 0 Å². The molecule has 0 spiro atoms. The number of nitrogens with zero attached hydrogens (tertiary/aromatic N) is 3. The molecule has 1 saturated heterocycles. The minimum absolute atomic E-state index is 0.231. The maximum absolute atomic E-state index is 12.5. The third-order valence-electron chi connectivity index (χ3n) is 5.41. The highest BCUT2D eigenvalue weighted by molar-refractivity contribution is 7.13. The van der Waals surface area contributed by atoms with Crippen LogP contribution in [0.1, 0.15) is 44.4 Å². The van der Waals surface area contributed by atoms with E-state index in [0.29, 0.717) is 24.6 Å². The van der Waals surface area contributed by atoms with E-state index in [0.717, 1.165) is 29.8 Å². The Kier molecular flexibility index (Phi) is 4.65. The molecule has 1 saturated carbocycles. The average Bonchev–Trinajstić information content (AvgIpc) is 3.30. The van der Waals surface area contributed by atoms with E-state index < -0.39 is 0 Å². The quantitative estimate of drug-likeness (QED) is 0.846. The minimum Gasteiger partial charge on any atom is -0.342 e. The summed E-state index contributed by atoms with van der Waals surface area (Å²) in [6, 6.07) is 3.94. The van der Waals surface area contributed by atoms with Gasteiger partial charge in [-0.15, -0.1) is 11.3 Å². The van der Waals surface area contributed by atoms with E-state index in [-0.39, 0.29) is 5.91 Å². The summed E-state index contributed by atoms with van der Waals surface area (Å²) >= 11 is 1.59. The highest BCUT2D eigenvalue weighted by atomic mass is 32.1. The van der Waals surface area contributed by atoms with Gasteiger partial charge in [0.15, 0.2) is 0 Å². The van der Waals surface area contributed by atoms with Crippen LogP contribution in [0.5, 0.6) is 0 Å². The zero-order valence-electron chi connectivity index (χ0n) is 13.8. The Bertz CT molecular complexity index is 682. The molecule has 24 heavy (non-hydrogen) atoms. The van der Waals surface area contributed by atoms with Crippen molar-refractivity contribution in [2.45, 2.75) is 44.9 Å². The van der Waals surface area contributed by atoms with Crippen LogP contribution in [0, 0.1) is 11.8 Å². The van der Waals surface area contributed by atoms with E-state index in [9.17, 15) is 4.79 Å². The number of rotatable bonds is 4. The van der Waals surface area contributed by atoms with Crippen LogP contribution >= 0.6 is 11.3 Å². The van der Waals surface area contributed by atoms with Gasteiger partial charge in [0.1, 0.15) is 0 Å². The number of thiophene rings is 1. The molecule has 6 heteroatoms. The number of aromatic nitrogens is 2. The third kappa shape index (κ3) is 3.38. The summed E-state index contributed by atoms with van der Waals surface area (Å²) < 4.78 is 5.29. The number of piperidine rings is 1. The number of hydrogen-bond donors (Lipinski definition) is 0. The molecule has 128 valence electrons. The summed E-state index contributed by atoms with van der Waals surface area (Å²) in [5, 5.41) is 5.99. The van der Waals surface area contributed by atoms with Crippen molar-refractivity contribution in [2.75, 3.05) is 13.1 Å². The van der Waals surface area contributed by atoms with Crippen LogP contribution in [0.15, 0.2) is 22.0 Å². The van der Waals surface area contributed by atoms with Gasteiger partial charge in [-0.25, -0.2) is 0 Å². The van der Waals surface area contributed by atoms with Crippen molar-refractivity contribution >= 4 is 17.2 Å². The Labute approximate surface area is 146 Å². The Morgan fingerprint density at radius 3 is 3.00 bits per heavy atom. The van der Waals surface area contributed by atoms with Crippen LogP contribution in [-0.2, 0) is 11.2 Å². The summed E-state index contributed by atoms with van der Waals surface area (Å²) in [6.45, 7) is 1.87. The van der Waals surface area contributed by atoms with Crippen molar-refractivity contribution in [1.29, 1.82) is 0 Å². The molecule has 0 aromatic carbocycles. The van der Waals surface area contributed by atoms with Gasteiger partial charge < -0.3 is 9.42 Å². The monoisotopic (exact) mass is 345 g/mol. The molecule has 4 rings (SSSR count). The van der Waals surface area contributed by atoms with Gasteiger partial charge in [-0.2, -0.15) is 4.98 Å². The molecule has 2 aromatic rings. The summed E-state index contributed by atoms with van der Waals surface area (Å²) in [6.07, 6.45) is 7.53. The third-order valence-corrected chi connectivity index (χ3v) is 6.27. The number of aryl methyl sites for hydroxylation is 1. The lowest BCUT2D eigenvalue weighted by Crippen LogP contribution is -2.44. The second-order valence-electron chi connectivity index (χ2n) is 6.92. The Balaban J connectivity index is 1.30. The first-order valence-corrected chi connectivity index (χ1v) is 9.82. The topological polar surface area (TPSA) is 59.2 Å². The maximum atomic E-state index is 12.5. The minimum atomic E-state index is 0.231. The second-order valence-corrected chi connectivity index (χ2v) is 7.87. The maximum Gasteiger partial charge on any atom is 0.227 e. The Hall–Kier alpha value is -1.69. The standard InChI is InChI=1S/C18H23N3O2S/c22-17(21-10-9-13-4-1-2-5-14(13)12-21)8-7-16-19-18(20-23-16)15-6-3-11-24-15/h3,6,11,13-14H,1-2,4-5,7-10,12H2/t13-,14+/m1/s1. The van der Waals surface area contributed by atoms with Crippen molar-refractivity contribution < 1.29 is 9.32 Å². The number of carbonyl (C=O) groups is 1. The zero-order chi connectivity index (χ0) is 16.4. The SMILES string of the molecule is O=C(CCc1nc(-c2cccs2)no1)N1CC[C@H]2CCCC[C@H]2C1. The lowest BCUT2D eigenvalue weighted by Gasteiger charge is -2.41. The van der Waals surface area contributed by atoms with Crippen LogP contribution in [-0.4, -0.2) is 34.0 Å². The van der Waals surface area contributed by atoms with Crippen LogP contribution in [0.25, 0.3) is 10.7 Å². The molecule has 3 heterocycles. The predicted octanol–water partition coefficient (Wildman–Crippen LogP) is 3.77. The summed E-state index contributed by atoms with van der Waals surface area (Å²) in [4.78, 5) is 20.0. The smallest absolute Gasteiger partial charge is 0.227 e. The predicted molar refractivity (Wildman–Crippen MR) is 92.6 cm³/mol. The second kappa shape index (κ2) is 7.05. The lowest BCUT2D eigenvalue weighted by atomic mass is 9.75. The van der Waals surface area contributed by atoms with Crippen LogP contribution in [0.3, 0.4) is 0 Å². The van der Waals surface area contributed by atoms with Crippen LogP contribution < -0.4 is 0 Å². The molecule has 2 fully saturated rings. The van der Waals surface area contributed by atoms with Gasteiger partial charge in [0, 0.05) is 25.9 Å². The van der Waals surface area contributed by atoms with E-state index in [1.807, 2.05) is 17.5 Å². The summed E-state index contributed by atoms with van der Waals surface area (Å²) in [7, 11) is 0. The van der Waals surface area contributed by atoms with Crippen molar-refractivity contribution in [2.24, 2.45) is 11.8 Å². The van der Waals surface area contributed by atoms with Gasteiger partial charge in [0.25, 0.3) is 0 Å². The molecular formula is C18H23N3O2S. The molecule has 1 aliphatic carbocycles. The van der Waals surface area contributed by atoms with Gasteiger partial charge in [0.05, 0.1) is 4.88 Å². The normalized spacial score (nSPS) is 23.9. The highest BCUT2D eigenvalue weighted by Gasteiger charge is 2.32. The van der Waals surface area contributed by atoms with E-state index in [2.05, 4.69) is 15.0 Å². The van der Waals surface area contributed by atoms with E-state index >= 15 is 0 Å². The number of hydrogen-bond acceptors (Lipinski definition) is 5. The van der Waals surface area contributed by atoms with Crippen LogP contribution in [0.2, 0.25) is 0 Å². The fourth-order valence-corrected chi connectivity index (χ4v) is 4.71. The summed E-state index contributed by atoms with van der Waals surface area (Å²) in [5.41, 5.74) is 0. The molecule has 1 aliphatic heterocycles. The molecule has 2 atom stereocenters. The zero-order valence-corrected chi connectivity index (χ0v) is 14.6. The van der Waals surface area contributed by atoms with Crippen molar-refractivity contribution in [1.82, 2.24) is 15.0 Å². The number of fused-ring (bicyclic) bond motifs is 1. The first-order chi connectivity index (χ1) is 11.8. The van der Waals surface area contributed by atoms with Crippen molar-refractivity contribution in [3.05, 3.63) is 23.4 Å². The van der Waals surface area contributed by atoms with E-state index in [1.165, 1.54) is 32.1 Å². The number of likely N-dealkylation sites (tertiary alicyclic amines) is 1. The van der Waals surface area contributed by atoms with Gasteiger partial charge in [-0.1, -0.05) is 30.5 Å². The molecule has 5 nitrogen and oxygen atoms in total. The van der Waals surface area contributed by atoms with Crippen molar-refractivity contribution in [3.63, 3.8) is 0 Å². The molecule has 0 radical (unpaired) electrons. The first kappa shape index (κ1) is 15.8. The molecule has 1 amide bonds. The number of amides is 1. The molecule has 0 N–H and O–H groups in total. The Morgan fingerprint density at radius 1 is 1.29 bits per heavy atom. The largest absolute Gasteiger partial charge is 0.342 e. The molecule has 2 aromatic heterocycles.